The molecular formula is C19H22N2O6S. The monoisotopic (exact) mass is 406 g/mol. The number of sulfonamides is 1. The Bertz CT molecular complexity index is 916. The maximum atomic E-state index is 12.5. The Morgan fingerprint density at radius 3 is 2.43 bits per heavy atom. The highest BCUT2D eigenvalue weighted by atomic mass is 32.2. The molecule has 1 fully saturated rings. The highest BCUT2D eigenvalue weighted by Gasteiger charge is 2.27. The molecule has 0 N–H and O–H groups in total. The third-order valence-electron chi connectivity index (χ3n) is 4.52. The minimum atomic E-state index is -3.53. The summed E-state index contributed by atoms with van der Waals surface area (Å²) in [7, 11) is -1.95. The topological polar surface area (TPSA) is 97.1 Å². The Morgan fingerprint density at radius 2 is 1.82 bits per heavy atom. The minimum Gasteiger partial charge on any atom is -0.467 e. The molecule has 1 aliphatic heterocycles. The zero-order chi connectivity index (χ0) is 20.1. The van der Waals surface area contributed by atoms with Crippen LogP contribution in [0.25, 0.3) is 0 Å². The quantitative estimate of drug-likeness (QED) is 0.652. The Kier molecular flexibility index (Phi) is 6.15. The van der Waals surface area contributed by atoms with E-state index in [-0.39, 0.29) is 22.9 Å². The fourth-order valence-electron chi connectivity index (χ4n) is 2.89. The largest absolute Gasteiger partial charge is 0.467 e. The van der Waals surface area contributed by atoms with Gasteiger partial charge in [0.2, 0.25) is 10.0 Å². The standard InChI is InChI=1S/C19H22N2O6S/c1-20(13-16-5-4-12-26-16)18(22)14-27-19(23)15-6-8-17(9-7-15)28(24,25)21-10-2-3-11-21/h4-9,12H,2-3,10-11,13-14H2,1H3. The van der Waals surface area contributed by atoms with Crippen molar-refractivity contribution in [3.8, 4) is 0 Å². The molecule has 0 atom stereocenters. The zero-order valence-corrected chi connectivity index (χ0v) is 16.4. The number of esters is 1. The van der Waals surface area contributed by atoms with Crippen molar-refractivity contribution >= 4 is 21.9 Å². The lowest BCUT2D eigenvalue weighted by Crippen LogP contribution is -2.30. The molecule has 1 aromatic carbocycles. The summed E-state index contributed by atoms with van der Waals surface area (Å²) in [6, 6.07) is 9.02. The Labute approximate surface area is 163 Å². The fraction of sp³-hybridized carbons (Fsp3) is 0.368. The molecule has 1 amide bonds. The van der Waals surface area contributed by atoms with E-state index in [1.165, 1.54) is 39.7 Å². The van der Waals surface area contributed by atoms with Crippen molar-refractivity contribution in [1.29, 1.82) is 0 Å². The SMILES string of the molecule is CN(Cc1ccco1)C(=O)COC(=O)c1ccc(S(=O)(=O)N2CCCC2)cc1. The van der Waals surface area contributed by atoms with Crippen LogP contribution >= 0.6 is 0 Å². The number of nitrogens with zero attached hydrogens (tertiary/aromatic N) is 2. The molecule has 1 aliphatic rings. The molecule has 1 aromatic heterocycles. The third kappa shape index (κ3) is 4.60. The average Bonchev–Trinajstić information content (AvgIpc) is 3.40. The molecule has 0 aliphatic carbocycles. The second kappa shape index (κ2) is 8.57. The maximum absolute atomic E-state index is 12.5. The Hall–Kier alpha value is -2.65. The van der Waals surface area contributed by atoms with Crippen LogP contribution in [-0.2, 0) is 26.1 Å². The van der Waals surface area contributed by atoms with Crippen molar-refractivity contribution in [2.24, 2.45) is 0 Å². The molecule has 2 heterocycles. The van der Waals surface area contributed by atoms with Crippen LogP contribution < -0.4 is 0 Å². The van der Waals surface area contributed by atoms with Crippen molar-refractivity contribution in [3.63, 3.8) is 0 Å². The van der Waals surface area contributed by atoms with Gasteiger partial charge in [-0.15, -0.1) is 0 Å². The molecule has 0 spiro atoms. The first-order valence-electron chi connectivity index (χ1n) is 8.91. The number of amides is 1. The summed E-state index contributed by atoms with van der Waals surface area (Å²) in [4.78, 5) is 25.7. The van der Waals surface area contributed by atoms with Crippen molar-refractivity contribution in [2.75, 3.05) is 26.7 Å². The van der Waals surface area contributed by atoms with Gasteiger partial charge in [0.1, 0.15) is 5.76 Å². The van der Waals surface area contributed by atoms with E-state index in [2.05, 4.69) is 0 Å². The predicted molar refractivity (Wildman–Crippen MR) is 99.9 cm³/mol. The summed E-state index contributed by atoms with van der Waals surface area (Å²) in [6.07, 6.45) is 3.22. The molecular weight excluding hydrogens is 384 g/mol. The van der Waals surface area contributed by atoms with Gasteiger partial charge in [0.25, 0.3) is 5.91 Å². The first-order chi connectivity index (χ1) is 13.4. The van der Waals surface area contributed by atoms with Gasteiger partial charge in [0.05, 0.1) is 23.3 Å². The molecule has 0 unspecified atom stereocenters. The van der Waals surface area contributed by atoms with Crippen LogP contribution in [-0.4, -0.2) is 56.2 Å². The number of benzene rings is 1. The number of ether oxygens (including phenoxy) is 1. The average molecular weight is 406 g/mol. The van der Waals surface area contributed by atoms with E-state index < -0.39 is 22.6 Å². The van der Waals surface area contributed by atoms with Gasteiger partial charge in [-0.05, 0) is 49.2 Å². The summed E-state index contributed by atoms with van der Waals surface area (Å²) < 4.78 is 36.6. The van der Waals surface area contributed by atoms with E-state index in [1.807, 2.05) is 0 Å². The lowest BCUT2D eigenvalue weighted by Gasteiger charge is -2.16. The predicted octanol–water partition coefficient (Wildman–Crippen LogP) is 1.88. The number of hydrogen-bond acceptors (Lipinski definition) is 6. The molecule has 28 heavy (non-hydrogen) atoms. The van der Waals surface area contributed by atoms with Crippen LogP contribution in [0.2, 0.25) is 0 Å². The van der Waals surface area contributed by atoms with Gasteiger partial charge in [-0.3, -0.25) is 4.79 Å². The van der Waals surface area contributed by atoms with Crippen LogP contribution in [0.5, 0.6) is 0 Å². The van der Waals surface area contributed by atoms with Crippen LogP contribution in [0.3, 0.4) is 0 Å². The zero-order valence-electron chi connectivity index (χ0n) is 15.5. The molecule has 0 saturated carbocycles. The fourth-order valence-corrected chi connectivity index (χ4v) is 4.40. The van der Waals surface area contributed by atoms with Gasteiger partial charge in [-0.25, -0.2) is 13.2 Å². The minimum absolute atomic E-state index is 0.139. The Morgan fingerprint density at radius 1 is 1.14 bits per heavy atom. The molecule has 8 nitrogen and oxygen atoms in total. The second-order valence-electron chi connectivity index (χ2n) is 6.54. The van der Waals surface area contributed by atoms with E-state index in [9.17, 15) is 18.0 Å². The number of furan rings is 1. The van der Waals surface area contributed by atoms with Gasteiger partial charge >= 0.3 is 5.97 Å². The summed E-state index contributed by atoms with van der Waals surface area (Å²) in [6.45, 7) is 0.885. The van der Waals surface area contributed by atoms with Gasteiger partial charge in [0, 0.05) is 20.1 Å². The normalized spacial score (nSPS) is 14.8. The van der Waals surface area contributed by atoms with Gasteiger partial charge in [0.15, 0.2) is 6.61 Å². The van der Waals surface area contributed by atoms with E-state index >= 15 is 0 Å². The van der Waals surface area contributed by atoms with Crippen LogP contribution in [0, 0.1) is 0 Å². The molecule has 0 bridgehead atoms. The summed E-state index contributed by atoms with van der Waals surface area (Å²) in [5.41, 5.74) is 0.182. The van der Waals surface area contributed by atoms with Crippen molar-refractivity contribution in [2.45, 2.75) is 24.3 Å². The molecule has 9 heteroatoms. The van der Waals surface area contributed by atoms with E-state index in [1.54, 1.807) is 19.2 Å². The number of carbonyl (C=O) groups excluding carboxylic acids is 2. The van der Waals surface area contributed by atoms with E-state index in [0.29, 0.717) is 18.8 Å². The number of rotatable bonds is 7. The first-order valence-corrected chi connectivity index (χ1v) is 10.4. The van der Waals surface area contributed by atoms with Crippen molar-refractivity contribution in [3.05, 3.63) is 54.0 Å². The first kappa shape index (κ1) is 20.1. The molecule has 3 rings (SSSR count). The van der Waals surface area contributed by atoms with E-state index in [4.69, 9.17) is 9.15 Å². The lowest BCUT2D eigenvalue weighted by atomic mass is 10.2. The number of likely N-dealkylation sites (N-methyl/N-ethyl adjacent to an activating group) is 1. The summed E-state index contributed by atoms with van der Waals surface area (Å²) >= 11 is 0. The van der Waals surface area contributed by atoms with Crippen LogP contribution in [0.15, 0.2) is 52.0 Å². The third-order valence-corrected chi connectivity index (χ3v) is 6.43. The van der Waals surface area contributed by atoms with Crippen LogP contribution in [0.4, 0.5) is 0 Å². The smallest absolute Gasteiger partial charge is 0.338 e. The van der Waals surface area contributed by atoms with Crippen molar-refractivity contribution in [1.82, 2.24) is 9.21 Å². The van der Waals surface area contributed by atoms with Gasteiger partial charge < -0.3 is 14.1 Å². The van der Waals surface area contributed by atoms with Crippen molar-refractivity contribution < 1.29 is 27.2 Å². The highest BCUT2D eigenvalue weighted by molar-refractivity contribution is 7.89. The molecule has 1 saturated heterocycles. The molecule has 150 valence electrons. The lowest BCUT2D eigenvalue weighted by molar-refractivity contribution is -0.133. The van der Waals surface area contributed by atoms with Crippen LogP contribution in [0.1, 0.15) is 29.0 Å². The molecule has 0 radical (unpaired) electrons. The Balaban J connectivity index is 1.55. The highest BCUT2D eigenvalue weighted by Crippen LogP contribution is 2.21. The number of carbonyl (C=O) groups is 2. The maximum Gasteiger partial charge on any atom is 0.338 e. The van der Waals surface area contributed by atoms with Gasteiger partial charge in [-0.2, -0.15) is 4.31 Å². The summed E-state index contributed by atoms with van der Waals surface area (Å²) in [5, 5.41) is 0. The van der Waals surface area contributed by atoms with Gasteiger partial charge in [-0.1, -0.05) is 0 Å². The number of hydrogen-bond donors (Lipinski definition) is 0. The molecule has 2 aromatic rings. The van der Waals surface area contributed by atoms with E-state index in [0.717, 1.165) is 12.8 Å². The second-order valence-corrected chi connectivity index (χ2v) is 8.48. The summed E-state index contributed by atoms with van der Waals surface area (Å²) in [5.74, 6) is -0.445.